The molecule has 2 heterocycles. The molecule has 0 spiro atoms. The number of para-hydroxylation sites is 1. The van der Waals surface area contributed by atoms with Crippen molar-refractivity contribution < 1.29 is 23.7 Å². The van der Waals surface area contributed by atoms with Gasteiger partial charge in [-0.05, 0) is 54.4 Å². The van der Waals surface area contributed by atoms with Gasteiger partial charge in [-0.15, -0.1) is 0 Å². The Morgan fingerprint density at radius 2 is 1.68 bits per heavy atom. The summed E-state index contributed by atoms with van der Waals surface area (Å²) in [5.74, 6) is 2.94. The Balaban J connectivity index is 1.37. The molecule has 190 valence electrons. The molecule has 7 nitrogen and oxygen atoms in total. The molecule has 1 aliphatic rings. The van der Waals surface area contributed by atoms with Crippen LogP contribution < -0.4 is 23.8 Å². The molecule has 0 unspecified atom stereocenters. The molecule has 1 aliphatic heterocycles. The number of nitrogens with zero attached hydrogens (tertiary/aromatic N) is 2. The van der Waals surface area contributed by atoms with Gasteiger partial charge in [0.05, 0.1) is 32.0 Å². The van der Waals surface area contributed by atoms with Crippen molar-refractivity contribution in [3.05, 3.63) is 77.9 Å². The van der Waals surface area contributed by atoms with E-state index < -0.39 is 0 Å². The fraction of sp³-hybridized carbons (Fsp3) is 0.241. The van der Waals surface area contributed by atoms with Gasteiger partial charge in [0.2, 0.25) is 5.91 Å². The van der Waals surface area contributed by atoms with Gasteiger partial charge in [0.15, 0.2) is 23.0 Å². The van der Waals surface area contributed by atoms with E-state index in [9.17, 15) is 4.79 Å². The summed E-state index contributed by atoms with van der Waals surface area (Å²) in [4.78, 5) is 20.2. The maximum absolute atomic E-state index is 13.6. The first-order valence-corrected chi connectivity index (χ1v) is 12.9. The maximum Gasteiger partial charge on any atom is 0.237 e. The summed E-state index contributed by atoms with van der Waals surface area (Å²) in [6.45, 7) is 3.48. The van der Waals surface area contributed by atoms with Crippen LogP contribution in [0.15, 0.2) is 71.8 Å². The van der Waals surface area contributed by atoms with Gasteiger partial charge in [0.1, 0.15) is 18.2 Å². The second kappa shape index (κ2) is 11.0. The number of hydrogen-bond donors (Lipinski definition) is 0. The quantitative estimate of drug-likeness (QED) is 0.280. The van der Waals surface area contributed by atoms with Crippen molar-refractivity contribution in [3.8, 4) is 23.0 Å². The van der Waals surface area contributed by atoms with E-state index in [1.807, 2.05) is 67.6 Å². The normalized spacial score (nSPS) is 12.3. The molecule has 5 rings (SSSR count). The molecule has 37 heavy (non-hydrogen) atoms. The second-order valence-corrected chi connectivity index (χ2v) is 9.56. The third-order valence-corrected chi connectivity index (χ3v) is 7.19. The smallest absolute Gasteiger partial charge is 0.237 e. The molecule has 4 aromatic rings. The largest absolute Gasteiger partial charge is 0.493 e. The minimum atomic E-state index is -0.0190. The number of carbonyl (C=O) groups is 1. The van der Waals surface area contributed by atoms with E-state index in [1.54, 1.807) is 19.1 Å². The number of methoxy groups -OCH3 is 2. The molecule has 1 amide bonds. The summed E-state index contributed by atoms with van der Waals surface area (Å²) in [6.07, 6.45) is 0. The molecule has 0 N–H and O–H groups in total. The molecule has 0 saturated carbocycles. The van der Waals surface area contributed by atoms with E-state index >= 15 is 0 Å². The van der Waals surface area contributed by atoms with Crippen LogP contribution in [0.5, 0.6) is 23.0 Å². The number of hydrogen-bond acceptors (Lipinski definition) is 7. The number of aromatic nitrogens is 1. The Bertz CT molecular complexity index is 1430. The zero-order valence-corrected chi connectivity index (χ0v) is 21.8. The Hall–Kier alpha value is -3.91. The maximum atomic E-state index is 13.6. The van der Waals surface area contributed by atoms with Crippen LogP contribution in [0.3, 0.4) is 0 Å². The fourth-order valence-electron chi connectivity index (χ4n) is 4.25. The third kappa shape index (κ3) is 5.44. The van der Waals surface area contributed by atoms with Gasteiger partial charge in [-0.1, -0.05) is 36.0 Å². The lowest BCUT2D eigenvalue weighted by Gasteiger charge is -2.23. The van der Waals surface area contributed by atoms with E-state index in [0.29, 0.717) is 37.0 Å². The van der Waals surface area contributed by atoms with E-state index in [2.05, 4.69) is 6.07 Å². The van der Waals surface area contributed by atoms with Gasteiger partial charge in [0.25, 0.3) is 0 Å². The van der Waals surface area contributed by atoms with Crippen molar-refractivity contribution in [3.63, 3.8) is 0 Å². The lowest BCUT2D eigenvalue weighted by Crippen LogP contribution is -2.32. The molecular formula is C29H28N2O5S. The van der Waals surface area contributed by atoms with E-state index in [4.69, 9.17) is 23.9 Å². The molecule has 8 heteroatoms. The average molecular weight is 517 g/mol. The number of rotatable bonds is 8. The van der Waals surface area contributed by atoms with Gasteiger partial charge in [-0.2, -0.15) is 0 Å². The molecule has 0 bridgehead atoms. The summed E-state index contributed by atoms with van der Waals surface area (Å²) < 4.78 is 22.2. The highest BCUT2D eigenvalue weighted by Gasteiger charge is 2.19. The van der Waals surface area contributed by atoms with E-state index in [-0.39, 0.29) is 11.7 Å². The standard InChI is InChI=1S/C29H28N2O5S/c1-19-13-21-15-26-27(36-12-11-35-26)16-23(21)30-29(19)37-18-28(32)31(22-7-5-4-6-8-22)17-20-9-10-24(33-2)25(14-20)34-3/h4-10,13-16H,11-12,17-18H2,1-3H3. The molecule has 0 aliphatic carbocycles. The first kappa shape index (κ1) is 24.8. The Labute approximate surface area is 220 Å². The molecule has 0 radical (unpaired) electrons. The van der Waals surface area contributed by atoms with Crippen LogP contribution in [-0.4, -0.2) is 44.1 Å². The number of amides is 1. The first-order chi connectivity index (χ1) is 18.1. The van der Waals surface area contributed by atoms with Crippen LogP contribution in [-0.2, 0) is 11.3 Å². The van der Waals surface area contributed by atoms with E-state index in [0.717, 1.165) is 38.5 Å². The highest BCUT2D eigenvalue weighted by molar-refractivity contribution is 8.00. The Morgan fingerprint density at radius 1 is 0.946 bits per heavy atom. The number of aryl methyl sites for hydroxylation is 1. The molecule has 1 aromatic heterocycles. The first-order valence-electron chi connectivity index (χ1n) is 12.0. The number of pyridine rings is 1. The zero-order chi connectivity index (χ0) is 25.8. The Morgan fingerprint density at radius 3 is 2.41 bits per heavy atom. The lowest BCUT2D eigenvalue weighted by atomic mass is 10.1. The van der Waals surface area contributed by atoms with Crippen molar-refractivity contribution >= 4 is 34.3 Å². The highest BCUT2D eigenvalue weighted by Crippen LogP contribution is 2.36. The monoisotopic (exact) mass is 516 g/mol. The predicted molar refractivity (Wildman–Crippen MR) is 145 cm³/mol. The van der Waals surface area contributed by atoms with Gasteiger partial charge < -0.3 is 23.8 Å². The topological polar surface area (TPSA) is 70.1 Å². The van der Waals surface area contributed by atoms with E-state index in [1.165, 1.54) is 11.8 Å². The predicted octanol–water partition coefficient (Wildman–Crippen LogP) is 5.66. The van der Waals surface area contributed by atoms with Crippen molar-refractivity contribution in [1.82, 2.24) is 4.98 Å². The zero-order valence-electron chi connectivity index (χ0n) is 21.0. The fourth-order valence-corrected chi connectivity index (χ4v) is 5.11. The molecule has 3 aromatic carbocycles. The summed E-state index contributed by atoms with van der Waals surface area (Å²) in [5, 5.41) is 1.80. The number of carbonyl (C=O) groups excluding carboxylic acids is 1. The second-order valence-electron chi connectivity index (χ2n) is 8.59. The summed E-state index contributed by atoms with van der Waals surface area (Å²) in [7, 11) is 3.21. The molecule has 0 atom stereocenters. The summed E-state index contributed by atoms with van der Waals surface area (Å²) in [5.41, 5.74) is 3.59. The lowest BCUT2D eigenvalue weighted by molar-refractivity contribution is -0.116. The number of thioether (sulfide) groups is 1. The number of ether oxygens (including phenoxy) is 4. The minimum absolute atomic E-state index is 0.0190. The van der Waals surface area contributed by atoms with Crippen molar-refractivity contribution in [2.75, 3.05) is 38.1 Å². The number of fused-ring (bicyclic) bond motifs is 2. The summed E-state index contributed by atoms with van der Waals surface area (Å²) in [6, 6.07) is 21.3. The van der Waals surface area contributed by atoms with Crippen LogP contribution in [0.4, 0.5) is 5.69 Å². The van der Waals surface area contributed by atoms with Crippen LogP contribution in [0.25, 0.3) is 10.9 Å². The van der Waals surface area contributed by atoms with Gasteiger partial charge >= 0.3 is 0 Å². The van der Waals surface area contributed by atoms with Crippen LogP contribution >= 0.6 is 11.8 Å². The minimum Gasteiger partial charge on any atom is -0.493 e. The van der Waals surface area contributed by atoms with Gasteiger partial charge in [-0.3, -0.25) is 4.79 Å². The third-order valence-electron chi connectivity index (χ3n) is 6.11. The average Bonchev–Trinajstić information content (AvgIpc) is 2.93. The van der Waals surface area contributed by atoms with Crippen molar-refractivity contribution in [2.24, 2.45) is 0 Å². The van der Waals surface area contributed by atoms with Crippen LogP contribution in [0.2, 0.25) is 0 Å². The SMILES string of the molecule is COc1ccc(CN(C(=O)CSc2nc3cc4c(cc3cc2C)OCCO4)c2ccccc2)cc1OC. The number of benzene rings is 3. The van der Waals surface area contributed by atoms with Crippen molar-refractivity contribution in [1.29, 1.82) is 0 Å². The van der Waals surface area contributed by atoms with Crippen LogP contribution in [0, 0.1) is 6.92 Å². The molecule has 0 fully saturated rings. The van der Waals surface area contributed by atoms with Crippen molar-refractivity contribution in [2.45, 2.75) is 18.5 Å². The summed E-state index contributed by atoms with van der Waals surface area (Å²) >= 11 is 1.44. The van der Waals surface area contributed by atoms with Crippen LogP contribution in [0.1, 0.15) is 11.1 Å². The molecular weight excluding hydrogens is 488 g/mol. The highest BCUT2D eigenvalue weighted by atomic mass is 32.2. The van der Waals surface area contributed by atoms with Gasteiger partial charge in [0, 0.05) is 17.1 Å². The van der Waals surface area contributed by atoms with Gasteiger partial charge in [-0.25, -0.2) is 4.98 Å². The number of anilines is 1. The Kier molecular flexibility index (Phi) is 7.37. The molecule has 0 saturated heterocycles.